The maximum absolute atomic E-state index is 12.7. The molecule has 0 aliphatic carbocycles. The Hall–Kier alpha value is -1.55. The van der Waals surface area contributed by atoms with Crippen LogP contribution >= 0.6 is 0 Å². The molecule has 1 atom stereocenters. The fraction of sp³-hybridized carbons (Fsp3) is 0.562. The molecule has 0 N–H and O–H groups in total. The summed E-state index contributed by atoms with van der Waals surface area (Å²) < 4.78 is 5.47. The van der Waals surface area contributed by atoms with E-state index in [1.54, 1.807) is 0 Å². The first-order valence-electron chi connectivity index (χ1n) is 7.54. The number of fused-ring (bicyclic) bond motifs is 1. The van der Waals surface area contributed by atoms with Crippen molar-refractivity contribution >= 4 is 17.3 Å². The van der Waals surface area contributed by atoms with E-state index in [1.807, 2.05) is 17.0 Å². The molecule has 1 aromatic rings. The van der Waals surface area contributed by atoms with Crippen molar-refractivity contribution in [3.8, 4) is 0 Å². The van der Waals surface area contributed by atoms with E-state index in [4.69, 9.17) is 4.74 Å². The summed E-state index contributed by atoms with van der Waals surface area (Å²) in [7, 11) is 0. The van der Waals surface area contributed by atoms with E-state index in [1.165, 1.54) is 5.69 Å². The van der Waals surface area contributed by atoms with Crippen LogP contribution in [0, 0.1) is 5.92 Å². The van der Waals surface area contributed by atoms with Gasteiger partial charge in [0.2, 0.25) is 5.91 Å². The van der Waals surface area contributed by atoms with Gasteiger partial charge in [0.05, 0.1) is 23.9 Å². The van der Waals surface area contributed by atoms with Crippen molar-refractivity contribution in [2.75, 3.05) is 42.6 Å². The van der Waals surface area contributed by atoms with Crippen LogP contribution in [0.2, 0.25) is 0 Å². The van der Waals surface area contributed by atoms with Crippen LogP contribution in [0.1, 0.15) is 19.8 Å². The van der Waals surface area contributed by atoms with E-state index >= 15 is 0 Å². The van der Waals surface area contributed by atoms with E-state index in [0.717, 1.165) is 44.8 Å². The number of amides is 1. The van der Waals surface area contributed by atoms with Gasteiger partial charge in [-0.25, -0.2) is 0 Å². The Balaban J connectivity index is 1.85. The average Bonchev–Trinajstić information content (AvgIpc) is 2.54. The molecule has 108 valence electrons. The summed E-state index contributed by atoms with van der Waals surface area (Å²) in [5.41, 5.74) is 2.22. The lowest BCUT2D eigenvalue weighted by Gasteiger charge is -2.39. The molecule has 0 saturated carbocycles. The Morgan fingerprint density at radius 3 is 2.80 bits per heavy atom. The van der Waals surface area contributed by atoms with Crippen molar-refractivity contribution in [2.24, 2.45) is 5.92 Å². The van der Waals surface area contributed by atoms with Gasteiger partial charge < -0.3 is 14.5 Å². The molecule has 4 heteroatoms. The van der Waals surface area contributed by atoms with Gasteiger partial charge in [-0.15, -0.1) is 0 Å². The Kier molecular flexibility index (Phi) is 3.92. The largest absolute Gasteiger partial charge is 0.381 e. The first-order valence-corrected chi connectivity index (χ1v) is 7.54. The molecule has 1 aromatic carbocycles. The normalized spacial score (nSPS) is 22.6. The molecule has 1 amide bonds. The van der Waals surface area contributed by atoms with Crippen molar-refractivity contribution < 1.29 is 9.53 Å². The Morgan fingerprint density at radius 2 is 2.10 bits per heavy atom. The summed E-state index contributed by atoms with van der Waals surface area (Å²) in [5, 5.41) is 0. The molecule has 3 rings (SSSR count). The van der Waals surface area contributed by atoms with E-state index in [0.29, 0.717) is 6.61 Å². The van der Waals surface area contributed by atoms with Gasteiger partial charge in [-0.1, -0.05) is 12.1 Å². The van der Waals surface area contributed by atoms with Crippen molar-refractivity contribution in [1.82, 2.24) is 0 Å². The highest BCUT2D eigenvalue weighted by Gasteiger charge is 2.31. The Morgan fingerprint density at radius 1 is 1.30 bits per heavy atom. The molecule has 1 unspecified atom stereocenters. The molecule has 2 aliphatic heterocycles. The Bertz CT molecular complexity index is 483. The van der Waals surface area contributed by atoms with Gasteiger partial charge in [0.15, 0.2) is 0 Å². The molecule has 0 aromatic heterocycles. The number of carbonyl (C=O) groups is 1. The zero-order valence-electron chi connectivity index (χ0n) is 12.0. The molecule has 1 saturated heterocycles. The smallest absolute Gasteiger partial charge is 0.232 e. The van der Waals surface area contributed by atoms with Crippen molar-refractivity contribution in [3.05, 3.63) is 24.3 Å². The number of likely N-dealkylation sites (N-methyl/N-ethyl adjacent to an activating group) is 1. The maximum Gasteiger partial charge on any atom is 0.232 e. The number of rotatable bonds is 2. The van der Waals surface area contributed by atoms with Crippen LogP contribution in [0.15, 0.2) is 24.3 Å². The first kappa shape index (κ1) is 13.4. The van der Waals surface area contributed by atoms with E-state index in [9.17, 15) is 4.79 Å². The van der Waals surface area contributed by atoms with Gasteiger partial charge >= 0.3 is 0 Å². The van der Waals surface area contributed by atoms with Crippen LogP contribution in [0.4, 0.5) is 11.4 Å². The van der Waals surface area contributed by atoms with Gasteiger partial charge in [0.25, 0.3) is 0 Å². The first-order chi connectivity index (χ1) is 9.81. The van der Waals surface area contributed by atoms with Crippen LogP contribution in [0.5, 0.6) is 0 Å². The monoisotopic (exact) mass is 274 g/mol. The fourth-order valence-corrected chi connectivity index (χ4v) is 3.13. The number of benzene rings is 1. The van der Waals surface area contributed by atoms with Crippen LogP contribution < -0.4 is 9.80 Å². The van der Waals surface area contributed by atoms with Crippen LogP contribution in [0.3, 0.4) is 0 Å². The highest BCUT2D eigenvalue weighted by Crippen LogP contribution is 2.34. The van der Waals surface area contributed by atoms with Crippen molar-refractivity contribution in [1.29, 1.82) is 0 Å². The topological polar surface area (TPSA) is 32.8 Å². The second kappa shape index (κ2) is 5.83. The fourth-order valence-electron chi connectivity index (χ4n) is 3.13. The molecular formula is C16H22N2O2. The van der Waals surface area contributed by atoms with Crippen molar-refractivity contribution in [2.45, 2.75) is 19.8 Å². The van der Waals surface area contributed by atoms with Gasteiger partial charge in [0, 0.05) is 26.2 Å². The van der Waals surface area contributed by atoms with Crippen molar-refractivity contribution in [3.63, 3.8) is 0 Å². The molecule has 2 aliphatic rings. The minimum Gasteiger partial charge on any atom is -0.381 e. The number of carbonyl (C=O) groups excluding carboxylic acids is 1. The SMILES string of the molecule is CCN1CCN(C(=O)C2CCCOC2)c2ccccc21. The second-order valence-corrected chi connectivity index (χ2v) is 5.47. The third-order valence-corrected chi connectivity index (χ3v) is 4.26. The number of para-hydroxylation sites is 2. The number of ether oxygens (including phenoxy) is 1. The molecule has 0 bridgehead atoms. The molecule has 1 fully saturated rings. The molecular weight excluding hydrogens is 252 g/mol. The summed E-state index contributed by atoms with van der Waals surface area (Å²) in [6, 6.07) is 8.21. The number of hydrogen-bond acceptors (Lipinski definition) is 3. The lowest BCUT2D eigenvalue weighted by molar-refractivity contribution is -0.126. The standard InChI is InChI=1S/C16H22N2O2/c1-2-17-9-10-18(15-8-4-3-7-14(15)17)16(19)13-6-5-11-20-12-13/h3-4,7-8,13H,2,5-6,9-12H2,1H3. The quantitative estimate of drug-likeness (QED) is 0.829. The summed E-state index contributed by atoms with van der Waals surface area (Å²) in [6.45, 7) is 6.20. The summed E-state index contributed by atoms with van der Waals surface area (Å²) in [6.07, 6.45) is 1.95. The predicted octanol–water partition coefficient (Wildman–Crippen LogP) is 2.29. The molecule has 2 heterocycles. The molecule has 4 nitrogen and oxygen atoms in total. The van der Waals surface area contributed by atoms with Crippen LogP contribution in [0.25, 0.3) is 0 Å². The van der Waals surface area contributed by atoms with Gasteiger partial charge in [-0.3, -0.25) is 4.79 Å². The third-order valence-electron chi connectivity index (χ3n) is 4.26. The second-order valence-electron chi connectivity index (χ2n) is 5.47. The predicted molar refractivity (Wildman–Crippen MR) is 80.2 cm³/mol. The molecule has 0 radical (unpaired) electrons. The van der Waals surface area contributed by atoms with Gasteiger partial charge in [-0.05, 0) is 31.9 Å². The molecule has 0 spiro atoms. The van der Waals surface area contributed by atoms with E-state index < -0.39 is 0 Å². The lowest BCUT2D eigenvalue weighted by atomic mass is 9.99. The zero-order valence-corrected chi connectivity index (χ0v) is 12.0. The minimum absolute atomic E-state index is 0.0324. The lowest BCUT2D eigenvalue weighted by Crippen LogP contribution is -2.47. The zero-order chi connectivity index (χ0) is 13.9. The molecule has 20 heavy (non-hydrogen) atoms. The third kappa shape index (κ3) is 2.40. The van der Waals surface area contributed by atoms with Gasteiger partial charge in [-0.2, -0.15) is 0 Å². The van der Waals surface area contributed by atoms with Crippen LogP contribution in [-0.4, -0.2) is 38.8 Å². The number of anilines is 2. The summed E-state index contributed by atoms with van der Waals surface area (Å²) in [4.78, 5) is 17.0. The maximum atomic E-state index is 12.7. The Labute approximate surface area is 120 Å². The summed E-state index contributed by atoms with van der Waals surface area (Å²) >= 11 is 0. The average molecular weight is 274 g/mol. The van der Waals surface area contributed by atoms with E-state index in [2.05, 4.69) is 24.0 Å². The number of nitrogens with zero attached hydrogens (tertiary/aromatic N) is 2. The highest BCUT2D eigenvalue weighted by atomic mass is 16.5. The van der Waals surface area contributed by atoms with E-state index in [-0.39, 0.29) is 11.8 Å². The van der Waals surface area contributed by atoms with Gasteiger partial charge in [0.1, 0.15) is 0 Å². The van der Waals surface area contributed by atoms with Crippen LogP contribution in [-0.2, 0) is 9.53 Å². The summed E-state index contributed by atoms with van der Waals surface area (Å²) in [5.74, 6) is 0.262. The number of hydrogen-bond donors (Lipinski definition) is 0. The minimum atomic E-state index is 0.0324. The highest BCUT2D eigenvalue weighted by molar-refractivity contribution is 5.99.